The molecule has 2 amide bonds. The van der Waals surface area contributed by atoms with E-state index in [0.29, 0.717) is 13.0 Å². The van der Waals surface area contributed by atoms with Gasteiger partial charge in [-0.1, -0.05) is 12.1 Å². The number of halogens is 1. The SMILES string of the molecule is COC(CNC(=O)N1CCC(S(C)(=O)=O)C1)c1ccc(F)cc1. The molecule has 1 saturated heterocycles. The van der Waals surface area contributed by atoms with Gasteiger partial charge in [0.25, 0.3) is 0 Å². The molecule has 0 aliphatic carbocycles. The number of hydrogen-bond acceptors (Lipinski definition) is 4. The number of carbonyl (C=O) groups is 1. The lowest BCUT2D eigenvalue weighted by Crippen LogP contribution is -2.41. The Labute approximate surface area is 135 Å². The van der Waals surface area contributed by atoms with Gasteiger partial charge in [-0.2, -0.15) is 0 Å². The molecule has 2 rings (SSSR count). The van der Waals surface area contributed by atoms with Crippen LogP contribution >= 0.6 is 0 Å². The third kappa shape index (κ3) is 4.65. The maximum Gasteiger partial charge on any atom is 0.317 e. The van der Waals surface area contributed by atoms with Crippen molar-refractivity contribution in [2.75, 3.05) is 33.0 Å². The van der Waals surface area contributed by atoms with Crippen molar-refractivity contribution in [1.29, 1.82) is 0 Å². The lowest BCUT2D eigenvalue weighted by molar-refractivity contribution is 0.102. The molecule has 0 saturated carbocycles. The quantitative estimate of drug-likeness (QED) is 0.875. The third-order valence-electron chi connectivity index (χ3n) is 4.00. The second-order valence-corrected chi connectivity index (χ2v) is 7.97. The molecule has 1 N–H and O–H groups in total. The highest BCUT2D eigenvalue weighted by atomic mass is 32.2. The predicted octanol–water partition coefficient (Wildman–Crippen LogP) is 1.34. The van der Waals surface area contributed by atoms with Gasteiger partial charge in [0.2, 0.25) is 0 Å². The number of likely N-dealkylation sites (tertiary alicyclic amines) is 1. The minimum absolute atomic E-state index is 0.207. The minimum Gasteiger partial charge on any atom is -0.375 e. The van der Waals surface area contributed by atoms with Gasteiger partial charge in [0.15, 0.2) is 9.84 Å². The zero-order chi connectivity index (χ0) is 17.0. The van der Waals surface area contributed by atoms with E-state index in [4.69, 9.17) is 4.74 Å². The molecule has 128 valence electrons. The maximum atomic E-state index is 12.9. The van der Waals surface area contributed by atoms with Gasteiger partial charge < -0.3 is 15.0 Å². The Morgan fingerprint density at radius 1 is 1.43 bits per heavy atom. The average molecular weight is 344 g/mol. The van der Waals surface area contributed by atoms with E-state index >= 15 is 0 Å². The minimum atomic E-state index is -3.13. The molecule has 1 aliphatic heterocycles. The molecule has 0 radical (unpaired) electrons. The Balaban J connectivity index is 1.89. The van der Waals surface area contributed by atoms with Crippen molar-refractivity contribution in [3.63, 3.8) is 0 Å². The summed E-state index contributed by atoms with van der Waals surface area (Å²) in [5.74, 6) is -0.337. The topological polar surface area (TPSA) is 75.7 Å². The summed E-state index contributed by atoms with van der Waals surface area (Å²) in [6.45, 7) is 0.845. The maximum absolute atomic E-state index is 12.9. The number of nitrogens with zero attached hydrogens (tertiary/aromatic N) is 1. The zero-order valence-electron chi connectivity index (χ0n) is 13.2. The Morgan fingerprint density at radius 3 is 2.61 bits per heavy atom. The first kappa shape index (κ1) is 17.7. The standard InChI is InChI=1S/C15H21FN2O4S/c1-22-14(11-3-5-12(16)6-4-11)9-17-15(19)18-8-7-13(10-18)23(2,20)21/h3-6,13-14H,7-10H2,1-2H3,(H,17,19). The number of hydrogen-bond donors (Lipinski definition) is 1. The van der Waals surface area contributed by atoms with Crippen LogP contribution in [0.25, 0.3) is 0 Å². The molecule has 8 heteroatoms. The molecule has 1 heterocycles. The van der Waals surface area contributed by atoms with Gasteiger partial charge in [-0.05, 0) is 24.1 Å². The van der Waals surface area contributed by atoms with Crippen molar-refractivity contribution in [1.82, 2.24) is 10.2 Å². The number of ether oxygens (including phenoxy) is 1. The summed E-state index contributed by atoms with van der Waals surface area (Å²) in [7, 11) is -1.62. The zero-order valence-corrected chi connectivity index (χ0v) is 14.0. The molecule has 1 aliphatic rings. The molecule has 0 aromatic heterocycles. The molecule has 23 heavy (non-hydrogen) atoms. The van der Waals surface area contributed by atoms with Crippen LogP contribution in [0.5, 0.6) is 0 Å². The molecule has 6 nitrogen and oxygen atoms in total. The largest absolute Gasteiger partial charge is 0.375 e. The van der Waals surface area contributed by atoms with Crippen LogP contribution in [0.15, 0.2) is 24.3 Å². The molecule has 2 unspecified atom stereocenters. The van der Waals surface area contributed by atoms with Gasteiger partial charge in [-0.3, -0.25) is 0 Å². The van der Waals surface area contributed by atoms with E-state index in [2.05, 4.69) is 5.32 Å². The Hall–Kier alpha value is -1.67. The summed E-state index contributed by atoms with van der Waals surface area (Å²) in [5, 5.41) is 2.24. The molecule has 1 aromatic carbocycles. The smallest absolute Gasteiger partial charge is 0.317 e. The van der Waals surface area contributed by atoms with Crippen molar-refractivity contribution >= 4 is 15.9 Å². The van der Waals surface area contributed by atoms with E-state index in [-0.39, 0.29) is 24.9 Å². The van der Waals surface area contributed by atoms with Crippen LogP contribution in [0.3, 0.4) is 0 Å². The predicted molar refractivity (Wildman–Crippen MR) is 84.4 cm³/mol. The van der Waals surface area contributed by atoms with E-state index in [0.717, 1.165) is 5.56 Å². The van der Waals surface area contributed by atoms with E-state index in [9.17, 15) is 17.6 Å². The van der Waals surface area contributed by atoms with Gasteiger partial charge in [0.05, 0.1) is 11.4 Å². The van der Waals surface area contributed by atoms with Gasteiger partial charge in [-0.25, -0.2) is 17.6 Å². The first-order valence-electron chi connectivity index (χ1n) is 7.31. The van der Waals surface area contributed by atoms with Crippen LogP contribution in [-0.4, -0.2) is 57.6 Å². The van der Waals surface area contributed by atoms with Crippen molar-refractivity contribution in [2.45, 2.75) is 17.8 Å². The summed E-state index contributed by atoms with van der Waals surface area (Å²) in [6, 6.07) is 5.55. The summed E-state index contributed by atoms with van der Waals surface area (Å²) in [6.07, 6.45) is 1.25. The first-order valence-corrected chi connectivity index (χ1v) is 9.26. The summed E-state index contributed by atoms with van der Waals surface area (Å²) in [5.41, 5.74) is 0.754. The molecule has 0 bridgehead atoms. The fourth-order valence-electron chi connectivity index (χ4n) is 2.57. The number of rotatable bonds is 5. The molecular weight excluding hydrogens is 323 g/mol. The number of urea groups is 1. The first-order chi connectivity index (χ1) is 10.8. The van der Waals surface area contributed by atoms with Gasteiger partial charge >= 0.3 is 6.03 Å². The van der Waals surface area contributed by atoms with Crippen molar-refractivity contribution in [3.8, 4) is 0 Å². The highest BCUT2D eigenvalue weighted by Crippen LogP contribution is 2.18. The summed E-state index contributed by atoms with van der Waals surface area (Å²) >= 11 is 0. The van der Waals surface area contributed by atoms with Crippen LogP contribution < -0.4 is 5.32 Å². The fraction of sp³-hybridized carbons (Fsp3) is 0.533. The lowest BCUT2D eigenvalue weighted by atomic mass is 10.1. The second kappa shape index (κ2) is 7.27. The Kier molecular flexibility index (Phi) is 5.59. The normalized spacial score (nSPS) is 19.6. The van der Waals surface area contributed by atoms with Crippen molar-refractivity contribution in [3.05, 3.63) is 35.6 Å². The van der Waals surface area contributed by atoms with Crippen LogP contribution in [0.4, 0.5) is 9.18 Å². The second-order valence-electron chi connectivity index (χ2n) is 5.65. The molecule has 0 spiro atoms. The van der Waals surface area contributed by atoms with Gasteiger partial charge in [0.1, 0.15) is 5.82 Å². The van der Waals surface area contributed by atoms with Gasteiger partial charge in [0, 0.05) is 33.0 Å². The molecule has 1 fully saturated rings. The number of carbonyl (C=O) groups excluding carboxylic acids is 1. The Morgan fingerprint density at radius 2 is 2.09 bits per heavy atom. The number of nitrogens with one attached hydrogen (secondary N) is 1. The Bertz CT molecular complexity index is 648. The van der Waals surface area contributed by atoms with Crippen LogP contribution in [0, 0.1) is 5.82 Å². The third-order valence-corrected chi connectivity index (χ3v) is 5.60. The monoisotopic (exact) mass is 344 g/mol. The summed E-state index contributed by atoms with van der Waals surface area (Å²) < 4.78 is 41.3. The van der Waals surface area contributed by atoms with Crippen molar-refractivity contribution in [2.24, 2.45) is 0 Å². The summed E-state index contributed by atoms with van der Waals surface area (Å²) in [4.78, 5) is 13.6. The number of methoxy groups -OCH3 is 1. The molecule has 2 atom stereocenters. The van der Waals surface area contributed by atoms with E-state index in [1.54, 1.807) is 12.1 Å². The number of amides is 2. The molecule has 1 aromatic rings. The number of sulfone groups is 1. The van der Waals surface area contributed by atoms with E-state index in [1.165, 1.54) is 30.4 Å². The highest BCUT2D eigenvalue weighted by molar-refractivity contribution is 7.91. The fourth-order valence-corrected chi connectivity index (χ4v) is 3.55. The van der Waals surface area contributed by atoms with Crippen LogP contribution in [0.1, 0.15) is 18.1 Å². The molecular formula is C15H21FN2O4S. The van der Waals surface area contributed by atoms with Crippen LogP contribution in [-0.2, 0) is 14.6 Å². The van der Waals surface area contributed by atoms with E-state index in [1.807, 2.05) is 0 Å². The lowest BCUT2D eigenvalue weighted by Gasteiger charge is -2.21. The van der Waals surface area contributed by atoms with Crippen molar-refractivity contribution < 1.29 is 22.3 Å². The van der Waals surface area contributed by atoms with E-state index < -0.39 is 21.2 Å². The van der Waals surface area contributed by atoms with Gasteiger partial charge in [-0.15, -0.1) is 0 Å². The average Bonchev–Trinajstić information content (AvgIpc) is 2.99. The van der Waals surface area contributed by atoms with Crippen LogP contribution in [0.2, 0.25) is 0 Å². The highest BCUT2D eigenvalue weighted by Gasteiger charge is 2.32. The number of benzene rings is 1.